The van der Waals surface area contributed by atoms with E-state index < -0.39 is 15.8 Å². The Labute approximate surface area is 127 Å². The van der Waals surface area contributed by atoms with Gasteiger partial charge in [0.25, 0.3) is 0 Å². The van der Waals surface area contributed by atoms with Gasteiger partial charge in [-0.2, -0.15) is 0 Å². The second kappa shape index (κ2) is 5.99. The Morgan fingerprint density at radius 1 is 1.40 bits per heavy atom. The number of hydrogen-bond donors (Lipinski definition) is 1. The molecule has 1 aromatic rings. The first kappa shape index (κ1) is 15.7. The van der Waals surface area contributed by atoms with E-state index in [-0.39, 0.29) is 10.6 Å². The Morgan fingerprint density at radius 2 is 2.00 bits per heavy atom. The quantitative estimate of drug-likeness (QED) is 0.835. The number of nitrogens with zero attached hydrogens (tertiary/aromatic N) is 1. The average molecular weight is 365 g/mol. The summed E-state index contributed by atoms with van der Waals surface area (Å²) < 4.78 is 40.3. The molecule has 0 atom stereocenters. The van der Waals surface area contributed by atoms with Crippen molar-refractivity contribution in [3.8, 4) is 0 Å². The van der Waals surface area contributed by atoms with Crippen molar-refractivity contribution in [2.45, 2.75) is 30.6 Å². The number of nitrogens with two attached hydrogens (primary N) is 1. The molecule has 0 aromatic heterocycles. The first-order chi connectivity index (χ1) is 9.32. The van der Waals surface area contributed by atoms with Gasteiger partial charge in [0.2, 0.25) is 10.0 Å². The van der Waals surface area contributed by atoms with E-state index in [1.165, 1.54) is 17.4 Å². The van der Waals surface area contributed by atoms with E-state index in [1.807, 2.05) is 0 Å². The van der Waals surface area contributed by atoms with E-state index in [0.717, 1.165) is 31.7 Å². The highest BCUT2D eigenvalue weighted by Crippen LogP contribution is 2.30. The summed E-state index contributed by atoms with van der Waals surface area (Å²) in [5.41, 5.74) is 5.86. The van der Waals surface area contributed by atoms with Crippen molar-refractivity contribution in [3.05, 3.63) is 22.4 Å². The van der Waals surface area contributed by atoms with Crippen LogP contribution in [0.3, 0.4) is 0 Å². The maximum atomic E-state index is 13.9. The number of rotatable bonds is 4. The van der Waals surface area contributed by atoms with Gasteiger partial charge in [-0.3, -0.25) is 0 Å². The fourth-order valence-corrected chi connectivity index (χ4v) is 4.20. The maximum absolute atomic E-state index is 13.9. The zero-order valence-corrected chi connectivity index (χ0v) is 13.7. The molecular weight excluding hydrogens is 347 g/mol. The van der Waals surface area contributed by atoms with Gasteiger partial charge < -0.3 is 5.73 Å². The average Bonchev–Trinajstić information content (AvgIpc) is 2.86. The predicted molar refractivity (Wildman–Crippen MR) is 80.3 cm³/mol. The summed E-state index contributed by atoms with van der Waals surface area (Å²) in [6, 6.07) is 2.26. The van der Waals surface area contributed by atoms with E-state index in [0.29, 0.717) is 16.9 Å². The van der Waals surface area contributed by atoms with Gasteiger partial charge >= 0.3 is 0 Å². The topological polar surface area (TPSA) is 63.4 Å². The van der Waals surface area contributed by atoms with Crippen LogP contribution in [0.15, 0.2) is 21.5 Å². The van der Waals surface area contributed by atoms with E-state index in [2.05, 4.69) is 15.9 Å². The molecule has 1 aliphatic rings. The lowest BCUT2D eigenvalue weighted by Crippen LogP contribution is -2.31. The molecule has 0 heterocycles. The van der Waals surface area contributed by atoms with Gasteiger partial charge in [-0.15, -0.1) is 0 Å². The van der Waals surface area contributed by atoms with Crippen LogP contribution in [0.2, 0.25) is 0 Å². The molecule has 0 spiro atoms. The summed E-state index contributed by atoms with van der Waals surface area (Å²) in [5.74, 6) is -0.421. The minimum atomic E-state index is -3.84. The largest absolute Gasteiger partial charge is 0.398 e. The van der Waals surface area contributed by atoms with E-state index in [4.69, 9.17) is 5.73 Å². The molecule has 0 amide bonds. The Hall–Kier alpha value is -0.660. The smallest absolute Gasteiger partial charge is 0.245 e. The lowest BCUT2D eigenvalue weighted by Gasteiger charge is -2.21. The summed E-state index contributed by atoms with van der Waals surface area (Å²) in [5, 5.41) is 0. The normalized spacial score (nSPS) is 17.0. The number of halogens is 2. The molecule has 4 nitrogen and oxygen atoms in total. The molecule has 1 fully saturated rings. The number of benzene rings is 1. The Balaban J connectivity index is 2.27. The standard InChI is InChI=1S/C13H18BrFN2O2S/c1-17(8-9-4-2-3-5-9)20(18,19)13-7-12(16)10(14)6-11(13)15/h6-7,9H,2-5,8,16H2,1H3. The van der Waals surface area contributed by atoms with Crippen LogP contribution in [0.25, 0.3) is 0 Å². The van der Waals surface area contributed by atoms with E-state index in [9.17, 15) is 12.8 Å². The molecule has 0 saturated heterocycles. The Morgan fingerprint density at radius 3 is 2.60 bits per heavy atom. The van der Waals surface area contributed by atoms with Crippen molar-refractivity contribution in [1.82, 2.24) is 4.31 Å². The molecule has 2 N–H and O–H groups in total. The third kappa shape index (κ3) is 3.15. The van der Waals surface area contributed by atoms with Crippen LogP contribution in [0.1, 0.15) is 25.7 Å². The minimum Gasteiger partial charge on any atom is -0.398 e. The fraction of sp³-hybridized carbons (Fsp3) is 0.538. The van der Waals surface area contributed by atoms with Gasteiger partial charge in [0.05, 0.1) is 0 Å². The molecule has 1 aliphatic carbocycles. The minimum absolute atomic E-state index is 0.208. The van der Waals surface area contributed by atoms with Crippen LogP contribution >= 0.6 is 15.9 Å². The molecule has 0 aliphatic heterocycles. The Kier molecular flexibility index (Phi) is 4.71. The monoisotopic (exact) mass is 364 g/mol. The molecule has 0 unspecified atom stereocenters. The number of sulfonamides is 1. The van der Waals surface area contributed by atoms with E-state index >= 15 is 0 Å². The molecule has 0 bridgehead atoms. The summed E-state index contributed by atoms with van der Waals surface area (Å²) in [7, 11) is -2.35. The molecule has 1 aromatic carbocycles. The second-order valence-electron chi connectivity index (χ2n) is 5.24. The number of nitrogen functional groups attached to an aromatic ring is 1. The van der Waals surface area contributed by atoms with Gasteiger partial charge in [0.1, 0.15) is 10.7 Å². The van der Waals surface area contributed by atoms with Crippen LogP contribution in [-0.4, -0.2) is 26.3 Å². The number of hydrogen-bond acceptors (Lipinski definition) is 3. The van der Waals surface area contributed by atoms with Gasteiger partial charge in [-0.05, 0) is 46.8 Å². The number of anilines is 1. The summed E-state index contributed by atoms with van der Waals surface area (Å²) in [6.45, 7) is 0.428. The third-order valence-corrected chi connectivity index (χ3v) is 6.25. The lowest BCUT2D eigenvalue weighted by molar-refractivity contribution is 0.385. The van der Waals surface area contributed by atoms with Gasteiger partial charge in [-0.25, -0.2) is 17.1 Å². The lowest BCUT2D eigenvalue weighted by atomic mass is 10.1. The molecule has 1 saturated carbocycles. The summed E-state index contributed by atoms with van der Waals surface area (Å²) in [4.78, 5) is -0.362. The van der Waals surface area contributed by atoms with Crippen LogP contribution in [0.5, 0.6) is 0 Å². The van der Waals surface area contributed by atoms with Gasteiger partial charge in [-0.1, -0.05) is 12.8 Å². The second-order valence-corrected chi connectivity index (χ2v) is 8.11. The van der Waals surface area contributed by atoms with Crippen LogP contribution in [-0.2, 0) is 10.0 Å². The highest BCUT2D eigenvalue weighted by atomic mass is 79.9. The first-order valence-electron chi connectivity index (χ1n) is 6.53. The van der Waals surface area contributed by atoms with Crippen molar-refractivity contribution < 1.29 is 12.8 Å². The summed E-state index contributed by atoms with van der Waals surface area (Å²) >= 11 is 3.08. The van der Waals surface area contributed by atoms with Crippen molar-refractivity contribution in [3.63, 3.8) is 0 Å². The van der Waals surface area contributed by atoms with Crippen molar-refractivity contribution in [2.24, 2.45) is 5.92 Å². The zero-order valence-electron chi connectivity index (χ0n) is 11.3. The maximum Gasteiger partial charge on any atom is 0.245 e. The van der Waals surface area contributed by atoms with Crippen LogP contribution < -0.4 is 5.73 Å². The SMILES string of the molecule is CN(CC1CCCC1)S(=O)(=O)c1cc(N)c(Br)cc1F. The van der Waals surface area contributed by atoms with E-state index in [1.54, 1.807) is 0 Å². The highest BCUT2D eigenvalue weighted by molar-refractivity contribution is 9.10. The summed E-state index contributed by atoms with van der Waals surface area (Å²) in [6.07, 6.45) is 4.34. The fourth-order valence-electron chi connectivity index (χ4n) is 2.57. The highest BCUT2D eigenvalue weighted by Gasteiger charge is 2.28. The molecule has 112 valence electrons. The van der Waals surface area contributed by atoms with Gasteiger partial charge in [0.15, 0.2) is 0 Å². The van der Waals surface area contributed by atoms with Crippen molar-refractivity contribution in [1.29, 1.82) is 0 Å². The molecular formula is C13H18BrFN2O2S. The van der Waals surface area contributed by atoms with Crippen LogP contribution in [0, 0.1) is 11.7 Å². The predicted octanol–water partition coefficient (Wildman–Crippen LogP) is 2.98. The van der Waals surface area contributed by atoms with Crippen molar-refractivity contribution in [2.75, 3.05) is 19.3 Å². The molecule has 7 heteroatoms. The van der Waals surface area contributed by atoms with Crippen molar-refractivity contribution >= 4 is 31.6 Å². The first-order valence-corrected chi connectivity index (χ1v) is 8.76. The molecule has 2 rings (SSSR count). The molecule has 20 heavy (non-hydrogen) atoms. The third-order valence-electron chi connectivity index (χ3n) is 3.73. The molecule has 0 radical (unpaired) electrons. The Bertz CT molecular complexity index is 601. The van der Waals surface area contributed by atoms with Gasteiger partial charge in [0, 0.05) is 23.8 Å². The zero-order chi connectivity index (χ0) is 14.9. The van der Waals surface area contributed by atoms with Crippen LogP contribution in [0.4, 0.5) is 10.1 Å².